The quantitative estimate of drug-likeness (QED) is 0.663. The van der Waals surface area contributed by atoms with Gasteiger partial charge in [-0.05, 0) is 49.2 Å². The summed E-state index contributed by atoms with van der Waals surface area (Å²) in [5, 5.41) is 4.60. The van der Waals surface area contributed by atoms with Crippen LogP contribution in [0.3, 0.4) is 0 Å². The number of anilines is 1. The first-order valence-electron chi connectivity index (χ1n) is 10.8. The maximum atomic E-state index is 13.5. The number of ether oxygens (including phenoxy) is 2. The van der Waals surface area contributed by atoms with Crippen LogP contribution in [-0.4, -0.2) is 34.6 Å². The van der Waals surface area contributed by atoms with Gasteiger partial charge < -0.3 is 19.4 Å². The van der Waals surface area contributed by atoms with Crippen LogP contribution >= 0.6 is 0 Å². The van der Waals surface area contributed by atoms with Gasteiger partial charge in [0.15, 0.2) is 11.5 Å². The van der Waals surface area contributed by atoms with Gasteiger partial charge in [-0.25, -0.2) is 0 Å². The number of nitrogens with one attached hydrogen (secondary N) is 1. The molecule has 0 aliphatic carbocycles. The monoisotopic (exact) mass is 429 g/mol. The van der Waals surface area contributed by atoms with Crippen molar-refractivity contribution in [3.8, 4) is 11.5 Å². The Morgan fingerprint density at radius 3 is 2.75 bits per heavy atom. The highest BCUT2D eigenvalue weighted by Gasteiger charge is 2.42. The number of carbonyl (C=O) groups excluding carboxylic acids is 2. The van der Waals surface area contributed by atoms with Crippen LogP contribution in [0.5, 0.6) is 11.5 Å². The summed E-state index contributed by atoms with van der Waals surface area (Å²) in [4.78, 5) is 27.0. The molecule has 3 aliphatic rings. The molecule has 1 atom stereocenters. The van der Waals surface area contributed by atoms with Gasteiger partial charge in [0.25, 0.3) is 5.91 Å². The topological polar surface area (TPSA) is 72.8 Å². The third-order valence-electron chi connectivity index (χ3n) is 6.56. The Bertz CT molecular complexity index is 1350. The second-order valence-electron chi connectivity index (χ2n) is 8.76. The van der Waals surface area contributed by atoms with Crippen LogP contribution in [0.25, 0.3) is 10.9 Å². The first-order chi connectivity index (χ1) is 15.4. The first-order valence-corrected chi connectivity index (χ1v) is 10.8. The molecule has 3 aliphatic heterocycles. The van der Waals surface area contributed by atoms with Gasteiger partial charge >= 0.3 is 0 Å². The van der Waals surface area contributed by atoms with Gasteiger partial charge in [-0.15, -0.1) is 0 Å². The fourth-order valence-electron chi connectivity index (χ4n) is 5.10. The molecule has 2 aromatic carbocycles. The van der Waals surface area contributed by atoms with Gasteiger partial charge in [-0.3, -0.25) is 14.5 Å². The lowest BCUT2D eigenvalue weighted by molar-refractivity contribution is -0.139. The minimum atomic E-state index is -0.338. The molecule has 0 bridgehead atoms. The normalized spacial score (nSPS) is 18.9. The Hall–Kier alpha value is -3.74. The lowest BCUT2D eigenvalue weighted by Gasteiger charge is -2.20. The van der Waals surface area contributed by atoms with Crippen LogP contribution in [0.4, 0.5) is 5.69 Å². The maximum Gasteiger partial charge on any atom is 0.259 e. The summed E-state index contributed by atoms with van der Waals surface area (Å²) in [5.41, 5.74) is 5.42. The van der Waals surface area contributed by atoms with Crippen LogP contribution in [-0.2, 0) is 9.59 Å². The Kier molecular flexibility index (Phi) is 3.93. The number of benzene rings is 2. The zero-order valence-electron chi connectivity index (χ0n) is 18.1. The molecule has 6 rings (SSSR count). The zero-order valence-corrected chi connectivity index (χ0v) is 18.1. The van der Waals surface area contributed by atoms with Crippen LogP contribution in [0.15, 0.2) is 53.9 Å². The number of fused-ring (bicyclic) bond motifs is 1. The average Bonchev–Trinajstić information content (AvgIpc) is 3.43. The van der Waals surface area contributed by atoms with Crippen molar-refractivity contribution >= 4 is 28.4 Å². The molecule has 4 heterocycles. The largest absolute Gasteiger partial charge is 0.454 e. The lowest BCUT2D eigenvalue weighted by Crippen LogP contribution is -2.33. The Balaban J connectivity index is 1.64. The Labute approximate surface area is 185 Å². The second-order valence-corrected chi connectivity index (χ2v) is 8.76. The van der Waals surface area contributed by atoms with E-state index in [1.54, 1.807) is 0 Å². The smallest absolute Gasteiger partial charge is 0.259 e. The summed E-state index contributed by atoms with van der Waals surface area (Å²) in [6.07, 6.45) is 2.15. The number of imide groups is 1. The summed E-state index contributed by atoms with van der Waals surface area (Å²) in [6, 6.07) is 12.2. The molecule has 0 spiro atoms. The van der Waals surface area contributed by atoms with Crippen molar-refractivity contribution in [3.05, 3.63) is 65.0 Å². The van der Waals surface area contributed by atoms with Crippen LogP contribution < -0.4 is 14.8 Å². The first kappa shape index (κ1) is 19.0. The number of carbonyl (C=O) groups is 2. The number of rotatable bonds is 2. The molecule has 0 fully saturated rings. The molecule has 3 aromatic rings. The minimum absolute atomic E-state index is 0.187. The highest BCUT2D eigenvalue weighted by molar-refractivity contribution is 6.11. The number of nitrogens with zero attached hydrogens (tertiary/aromatic N) is 2. The van der Waals surface area contributed by atoms with Crippen molar-refractivity contribution in [1.82, 2.24) is 9.47 Å². The van der Waals surface area contributed by atoms with Crippen molar-refractivity contribution in [3.63, 3.8) is 0 Å². The van der Waals surface area contributed by atoms with Crippen molar-refractivity contribution in [2.75, 3.05) is 18.7 Å². The van der Waals surface area contributed by atoms with E-state index in [-0.39, 0.29) is 37.1 Å². The van der Waals surface area contributed by atoms with Gasteiger partial charge in [0.2, 0.25) is 12.7 Å². The molecule has 1 aromatic heterocycles. The molecule has 7 nitrogen and oxygen atoms in total. The van der Waals surface area contributed by atoms with E-state index in [0.717, 1.165) is 33.4 Å². The zero-order chi connectivity index (χ0) is 22.1. The third kappa shape index (κ3) is 2.54. The van der Waals surface area contributed by atoms with E-state index in [2.05, 4.69) is 36.0 Å². The predicted molar refractivity (Wildman–Crippen MR) is 120 cm³/mol. The number of hydrogen-bond acceptors (Lipinski definition) is 5. The predicted octanol–water partition coefficient (Wildman–Crippen LogP) is 4.15. The molecular weight excluding hydrogens is 406 g/mol. The molecule has 2 amide bonds. The van der Waals surface area contributed by atoms with E-state index in [1.807, 2.05) is 30.3 Å². The van der Waals surface area contributed by atoms with Gasteiger partial charge in [0.05, 0.1) is 17.6 Å². The fourth-order valence-corrected chi connectivity index (χ4v) is 5.10. The van der Waals surface area contributed by atoms with E-state index in [4.69, 9.17) is 9.47 Å². The number of aromatic nitrogens is 1. The molecule has 0 radical (unpaired) electrons. The van der Waals surface area contributed by atoms with E-state index >= 15 is 0 Å². The van der Waals surface area contributed by atoms with Gasteiger partial charge in [0.1, 0.15) is 0 Å². The Morgan fingerprint density at radius 2 is 1.97 bits per heavy atom. The van der Waals surface area contributed by atoms with Crippen molar-refractivity contribution in [2.24, 2.45) is 0 Å². The molecule has 32 heavy (non-hydrogen) atoms. The highest BCUT2D eigenvalue weighted by Crippen LogP contribution is 2.48. The number of hydrogen-bond donors (Lipinski definition) is 1. The molecule has 162 valence electrons. The minimum Gasteiger partial charge on any atom is -0.454 e. The van der Waals surface area contributed by atoms with E-state index in [1.165, 1.54) is 11.8 Å². The van der Waals surface area contributed by atoms with Crippen molar-refractivity contribution < 1.29 is 19.1 Å². The van der Waals surface area contributed by atoms with E-state index < -0.39 is 0 Å². The summed E-state index contributed by atoms with van der Waals surface area (Å²) < 4.78 is 13.4. The second kappa shape index (κ2) is 6.63. The molecule has 7 heteroatoms. The fraction of sp³-hybridized carbons (Fsp3) is 0.280. The lowest BCUT2D eigenvalue weighted by atomic mass is 9.84. The summed E-state index contributed by atoms with van der Waals surface area (Å²) in [5.74, 6) is 0.523. The van der Waals surface area contributed by atoms with Gasteiger partial charge in [-0.1, -0.05) is 12.1 Å². The maximum absolute atomic E-state index is 13.5. The Morgan fingerprint density at radius 1 is 1.16 bits per heavy atom. The SMILES string of the molecule is CC(=O)N1CC2=C(C1=O)[C@H](c1ccc3c(c1)OCO3)c1cn(C(C)C)c3cccc(c13)N2. The summed E-state index contributed by atoms with van der Waals surface area (Å²) >= 11 is 0. The van der Waals surface area contributed by atoms with Crippen LogP contribution in [0.1, 0.15) is 43.9 Å². The third-order valence-corrected chi connectivity index (χ3v) is 6.56. The molecule has 0 saturated heterocycles. The summed E-state index contributed by atoms with van der Waals surface area (Å²) in [6.45, 7) is 6.16. The van der Waals surface area contributed by atoms with Gasteiger partial charge in [0, 0.05) is 41.9 Å². The molecule has 0 unspecified atom stereocenters. The molecule has 1 N–H and O–H groups in total. The highest BCUT2D eigenvalue weighted by atomic mass is 16.7. The van der Waals surface area contributed by atoms with Crippen LogP contribution in [0.2, 0.25) is 0 Å². The van der Waals surface area contributed by atoms with E-state index in [9.17, 15) is 9.59 Å². The standard InChI is InChI=1S/C25H23N3O4/c1-13(2)27-10-16-22(15-7-8-20-21(9-15)32-12-31-20)24-18(11-28(14(3)29)25(24)30)26-17-5-4-6-19(27)23(16)17/h4-10,13,22,26H,11-12H2,1-3H3/t22-/m1/s1. The number of amides is 2. The average molecular weight is 429 g/mol. The van der Waals surface area contributed by atoms with Gasteiger partial charge in [-0.2, -0.15) is 0 Å². The molecule has 0 saturated carbocycles. The van der Waals surface area contributed by atoms with Crippen molar-refractivity contribution in [2.45, 2.75) is 32.7 Å². The van der Waals surface area contributed by atoms with Crippen molar-refractivity contribution in [1.29, 1.82) is 0 Å². The molecular formula is C25H23N3O4. The summed E-state index contributed by atoms with van der Waals surface area (Å²) in [7, 11) is 0. The van der Waals surface area contributed by atoms with E-state index in [0.29, 0.717) is 17.1 Å². The van der Waals surface area contributed by atoms with Crippen LogP contribution in [0, 0.1) is 0 Å².